The van der Waals surface area contributed by atoms with Crippen molar-refractivity contribution in [3.05, 3.63) is 48.0 Å². The first-order valence-corrected chi connectivity index (χ1v) is 9.65. The molecule has 2 aliphatic heterocycles. The van der Waals surface area contributed by atoms with Crippen LogP contribution in [0.3, 0.4) is 0 Å². The maximum atomic E-state index is 13.1. The molecule has 28 heavy (non-hydrogen) atoms. The van der Waals surface area contributed by atoms with Crippen LogP contribution < -0.4 is 9.80 Å². The first-order valence-electron chi connectivity index (χ1n) is 9.65. The molecule has 0 N–H and O–H groups in total. The number of hydrogen-bond acceptors (Lipinski definition) is 6. The van der Waals surface area contributed by atoms with E-state index < -0.39 is 0 Å². The van der Waals surface area contributed by atoms with Crippen LogP contribution in [0.2, 0.25) is 0 Å². The zero-order valence-electron chi connectivity index (χ0n) is 16.1. The highest BCUT2D eigenvalue weighted by atomic mass is 19.1. The van der Waals surface area contributed by atoms with Gasteiger partial charge in [-0.25, -0.2) is 14.4 Å². The van der Waals surface area contributed by atoms with Gasteiger partial charge in [-0.1, -0.05) is 0 Å². The summed E-state index contributed by atoms with van der Waals surface area (Å²) >= 11 is 0. The lowest BCUT2D eigenvalue weighted by atomic mass is 10.2. The zero-order valence-corrected chi connectivity index (χ0v) is 16.1. The minimum Gasteiger partial charge on any atom is -0.368 e. The molecule has 0 aliphatic carbocycles. The normalized spacial score (nSPS) is 18.4. The Hall–Kier alpha value is -2.74. The van der Waals surface area contributed by atoms with Crippen LogP contribution in [0.15, 0.2) is 36.7 Å². The maximum Gasteiger partial charge on any atom is 0.257 e. The maximum absolute atomic E-state index is 13.1. The summed E-state index contributed by atoms with van der Waals surface area (Å²) in [6.07, 6.45) is 3.27. The molecule has 0 unspecified atom stereocenters. The number of amides is 1. The second-order valence-corrected chi connectivity index (χ2v) is 7.32. The number of aromatic nitrogens is 2. The Kier molecular flexibility index (Phi) is 5.38. The molecule has 7 nitrogen and oxygen atoms in total. The largest absolute Gasteiger partial charge is 0.368 e. The second kappa shape index (κ2) is 8.10. The van der Waals surface area contributed by atoms with Crippen molar-refractivity contribution in [2.24, 2.45) is 0 Å². The summed E-state index contributed by atoms with van der Waals surface area (Å²) in [5, 5.41) is 0. The fourth-order valence-corrected chi connectivity index (χ4v) is 3.60. The summed E-state index contributed by atoms with van der Waals surface area (Å²) in [6.45, 7) is 6.46. The summed E-state index contributed by atoms with van der Waals surface area (Å²) in [5.74, 6) is 0.427. The van der Waals surface area contributed by atoms with Crippen LogP contribution in [0.5, 0.6) is 0 Å². The Labute approximate surface area is 164 Å². The molecule has 148 valence electrons. The third kappa shape index (κ3) is 4.06. The Morgan fingerprint density at radius 2 is 1.43 bits per heavy atom. The van der Waals surface area contributed by atoms with Gasteiger partial charge in [0.05, 0.1) is 5.56 Å². The minimum atomic E-state index is -0.220. The van der Waals surface area contributed by atoms with Crippen molar-refractivity contribution in [1.82, 2.24) is 19.8 Å². The molecular formula is C20H25FN6O. The third-order valence-electron chi connectivity index (χ3n) is 5.43. The van der Waals surface area contributed by atoms with E-state index in [1.807, 2.05) is 4.90 Å². The zero-order chi connectivity index (χ0) is 19.5. The molecule has 3 heterocycles. The highest BCUT2D eigenvalue weighted by Gasteiger charge is 2.23. The molecule has 0 radical (unpaired) electrons. The standard InChI is InChI=1S/C20H25FN6O/c1-24-6-8-26(9-7-24)19(28)16-14-22-20(23-15-16)27-12-10-25(11-13-27)18-4-2-17(21)3-5-18/h2-5,14-15H,6-13H2,1H3. The molecule has 0 spiro atoms. The average molecular weight is 384 g/mol. The molecule has 0 atom stereocenters. The Bertz CT molecular complexity index is 796. The molecule has 1 aromatic carbocycles. The van der Waals surface area contributed by atoms with Crippen molar-refractivity contribution in [2.45, 2.75) is 0 Å². The molecule has 0 saturated carbocycles. The van der Waals surface area contributed by atoms with E-state index in [2.05, 4.69) is 31.7 Å². The number of hydrogen-bond donors (Lipinski definition) is 0. The number of rotatable bonds is 3. The van der Waals surface area contributed by atoms with Crippen LogP contribution in [-0.4, -0.2) is 85.1 Å². The highest BCUT2D eigenvalue weighted by molar-refractivity contribution is 5.93. The van der Waals surface area contributed by atoms with Gasteiger partial charge in [0.2, 0.25) is 5.95 Å². The Morgan fingerprint density at radius 3 is 2.04 bits per heavy atom. The van der Waals surface area contributed by atoms with Crippen LogP contribution in [0.4, 0.5) is 16.0 Å². The van der Waals surface area contributed by atoms with Gasteiger partial charge in [-0.05, 0) is 31.3 Å². The fourth-order valence-electron chi connectivity index (χ4n) is 3.60. The number of likely N-dealkylation sites (N-methyl/N-ethyl adjacent to an activating group) is 1. The van der Waals surface area contributed by atoms with Crippen molar-refractivity contribution in [3.8, 4) is 0 Å². The van der Waals surface area contributed by atoms with E-state index in [-0.39, 0.29) is 11.7 Å². The van der Waals surface area contributed by atoms with Crippen molar-refractivity contribution in [1.29, 1.82) is 0 Å². The first kappa shape index (κ1) is 18.6. The van der Waals surface area contributed by atoms with Gasteiger partial charge in [0.1, 0.15) is 5.82 Å². The first-order chi connectivity index (χ1) is 13.6. The van der Waals surface area contributed by atoms with Gasteiger partial charge in [0, 0.05) is 70.4 Å². The van der Waals surface area contributed by atoms with E-state index in [9.17, 15) is 9.18 Å². The summed E-state index contributed by atoms with van der Waals surface area (Å²) < 4.78 is 13.1. The van der Waals surface area contributed by atoms with Gasteiger partial charge in [-0.2, -0.15) is 0 Å². The van der Waals surface area contributed by atoms with Gasteiger partial charge in [-0.3, -0.25) is 4.79 Å². The van der Waals surface area contributed by atoms with Gasteiger partial charge >= 0.3 is 0 Å². The van der Waals surface area contributed by atoms with Crippen molar-refractivity contribution in [3.63, 3.8) is 0 Å². The average Bonchev–Trinajstić information content (AvgIpc) is 2.75. The van der Waals surface area contributed by atoms with E-state index in [1.165, 1.54) is 12.1 Å². The van der Waals surface area contributed by atoms with E-state index in [4.69, 9.17) is 0 Å². The molecule has 8 heteroatoms. The van der Waals surface area contributed by atoms with Crippen LogP contribution in [0.25, 0.3) is 0 Å². The molecule has 2 saturated heterocycles. The van der Waals surface area contributed by atoms with E-state index in [0.717, 1.165) is 58.0 Å². The van der Waals surface area contributed by atoms with Crippen LogP contribution in [0.1, 0.15) is 10.4 Å². The lowest BCUT2D eigenvalue weighted by molar-refractivity contribution is 0.0663. The molecule has 1 amide bonds. The number of halogens is 1. The van der Waals surface area contributed by atoms with Crippen molar-refractivity contribution in [2.75, 3.05) is 69.2 Å². The van der Waals surface area contributed by atoms with Crippen LogP contribution in [0, 0.1) is 5.82 Å². The number of carbonyl (C=O) groups is 1. The van der Waals surface area contributed by atoms with Crippen LogP contribution >= 0.6 is 0 Å². The molecule has 1 aromatic heterocycles. The summed E-state index contributed by atoms with van der Waals surface area (Å²) in [7, 11) is 2.07. The van der Waals surface area contributed by atoms with Crippen molar-refractivity contribution < 1.29 is 9.18 Å². The smallest absolute Gasteiger partial charge is 0.257 e. The van der Waals surface area contributed by atoms with Crippen molar-refractivity contribution >= 4 is 17.5 Å². The van der Waals surface area contributed by atoms with E-state index in [1.54, 1.807) is 24.5 Å². The summed E-state index contributed by atoms with van der Waals surface area (Å²) in [4.78, 5) is 29.9. The number of nitrogens with zero attached hydrogens (tertiary/aromatic N) is 6. The quantitative estimate of drug-likeness (QED) is 0.796. The molecule has 2 fully saturated rings. The van der Waals surface area contributed by atoms with Gasteiger partial charge < -0.3 is 19.6 Å². The molecule has 0 bridgehead atoms. The summed E-state index contributed by atoms with van der Waals surface area (Å²) in [6, 6.07) is 6.59. The highest BCUT2D eigenvalue weighted by Crippen LogP contribution is 2.19. The fraction of sp³-hybridized carbons (Fsp3) is 0.450. The Morgan fingerprint density at radius 1 is 0.857 bits per heavy atom. The van der Waals surface area contributed by atoms with Crippen LogP contribution in [-0.2, 0) is 0 Å². The topological polar surface area (TPSA) is 55.8 Å². The SMILES string of the molecule is CN1CCN(C(=O)c2cnc(N3CCN(c4ccc(F)cc4)CC3)nc2)CC1. The molecule has 2 aromatic rings. The number of anilines is 2. The third-order valence-corrected chi connectivity index (χ3v) is 5.43. The number of carbonyl (C=O) groups excluding carboxylic acids is 1. The number of piperazine rings is 2. The predicted molar refractivity (Wildman–Crippen MR) is 106 cm³/mol. The van der Waals surface area contributed by atoms with E-state index in [0.29, 0.717) is 11.5 Å². The monoisotopic (exact) mass is 384 g/mol. The summed E-state index contributed by atoms with van der Waals surface area (Å²) in [5.41, 5.74) is 1.56. The number of benzene rings is 1. The van der Waals surface area contributed by atoms with Gasteiger partial charge in [0.25, 0.3) is 5.91 Å². The lowest BCUT2D eigenvalue weighted by Gasteiger charge is -2.36. The second-order valence-electron chi connectivity index (χ2n) is 7.32. The lowest BCUT2D eigenvalue weighted by Crippen LogP contribution is -2.47. The van der Waals surface area contributed by atoms with E-state index >= 15 is 0 Å². The molecular weight excluding hydrogens is 359 g/mol. The minimum absolute atomic E-state index is 0.000721. The molecule has 2 aliphatic rings. The predicted octanol–water partition coefficient (Wildman–Crippen LogP) is 1.33. The van der Waals surface area contributed by atoms with Gasteiger partial charge in [-0.15, -0.1) is 0 Å². The Balaban J connectivity index is 1.34. The molecule has 4 rings (SSSR count). The van der Waals surface area contributed by atoms with Gasteiger partial charge in [0.15, 0.2) is 0 Å².